The summed E-state index contributed by atoms with van der Waals surface area (Å²) in [5.74, 6) is -0.119. The van der Waals surface area contributed by atoms with Gasteiger partial charge in [0, 0.05) is 15.7 Å². The lowest BCUT2D eigenvalue weighted by Crippen LogP contribution is -2.38. The molecular formula is C13H16ClIN2O2. The zero-order valence-electron chi connectivity index (χ0n) is 10.8. The number of benzene rings is 1. The summed E-state index contributed by atoms with van der Waals surface area (Å²) in [7, 11) is 0. The first-order chi connectivity index (χ1) is 8.90. The molecular weight excluding hydrogens is 379 g/mol. The normalized spacial score (nSPS) is 10.4. The zero-order valence-corrected chi connectivity index (χ0v) is 13.7. The first-order valence-corrected chi connectivity index (χ1v) is 7.35. The van der Waals surface area contributed by atoms with Gasteiger partial charge < -0.3 is 10.6 Å². The van der Waals surface area contributed by atoms with Crippen molar-refractivity contribution in [2.75, 3.05) is 13.1 Å². The average molecular weight is 395 g/mol. The van der Waals surface area contributed by atoms with E-state index in [-0.39, 0.29) is 18.4 Å². The van der Waals surface area contributed by atoms with Crippen LogP contribution in [0.5, 0.6) is 0 Å². The Kier molecular flexibility index (Phi) is 6.57. The molecule has 0 aliphatic heterocycles. The van der Waals surface area contributed by atoms with Gasteiger partial charge in [0.25, 0.3) is 5.91 Å². The van der Waals surface area contributed by atoms with Gasteiger partial charge in [-0.2, -0.15) is 0 Å². The molecule has 1 aromatic rings. The quantitative estimate of drug-likeness (QED) is 0.754. The summed E-state index contributed by atoms with van der Waals surface area (Å²) in [5, 5.41) is 5.81. The van der Waals surface area contributed by atoms with Gasteiger partial charge in [0.05, 0.1) is 11.6 Å². The first kappa shape index (κ1) is 16.2. The third kappa shape index (κ3) is 5.78. The summed E-state index contributed by atoms with van der Waals surface area (Å²) >= 11 is 8.02. The summed E-state index contributed by atoms with van der Waals surface area (Å²) in [5.41, 5.74) is 0.446. The van der Waals surface area contributed by atoms with Crippen LogP contribution < -0.4 is 10.6 Å². The van der Waals surface area contributed by atoms with Gasteiger partial charge in [-0.1, -0.05) is 25.4 Å². The number of carbonyl (C=O) groups is 2. The molecule has 0 aliphatic carbocycles. The molecule has 1 aromatic carbocycles. The van der Waals surface area contributed by atoms with E-state index in [4.69, 9.17) is 11.6 Å². The first-order valence-electron chi connectivity index (χ1n) is 5.90. The maximum atomic E-state index is 11.8. The Balaban J connectivity index is 2.47. The minimum Gasteiger partial charge on any atom is -0.354 e. The molecule has 0 spiro atoms. The molecule has 0 atom stereocenters. The van der Waals surface area contributed by atoms with Gasteiger partial charge >= 0.3 is 0 Å². The van der Waals surface area contributed by atoms with E-state index in [9.17, 15) is 9.59 Å². The maximum Gasteiger partial charge on any atom is 0.251 e. The Morgan fingerprint density at radius 1 is 1.32 bits per heavy atom. The van der Waals surface area contributed by atoms with Gasteiger partial charge in [-0.15, -0.1) is 0 Å². The number of amides is 2. The molecule has 4 nitrogen and oxygen atoms in total. The monoisotopic (exact) mass is 394 g/mol. The fourth-order valence-electron chi connectivity index (χ4n) is 1.28. The summed E-state index contributed by atoms with van der Waals surface area (Å²) in [6.45, 7) is 4.58. The number of rotatable bonds is 5. The van der Waals surface area contributed by atoms with E-state index in [1.54, 1.807) is 18.2 Å². The highest BCUT2D eigenvalue weighted by atomic mass is 127. The van der Waals surface area contributed by atoms with Crippen molar-refractivity contribution in [1.82, 2.24) is 10.6 Å². The van der Waals surface area contributed by atoms with Crippen LogP contribution in [-0.2, 0) is 4.79 Å². The van der Waals surface area contributed by atoms with Gasteiger partial charge in [-0.05, 0) is 46.7 Å². The van der Waals surface area contributed by atoms with Crippen molar-refractivity contribution in [2.24, 2.45) is 5.92 Å². The molecule has 0 bridgehead atoms. The van der Waals surface area contributed by atoms with E-state index in [0.29, 0.717) is 23.0 Å². The molecule has 0 aromatic heterocycles. The van der Waals surface area contributed by atoms with Crippen LogP contribution >= 0.6 is 34.2 Å². The lowest BCUT2D eigenvalue weighted by Gasteiger charge is -2.09. The summed E-state index contributed by atoms with van der Waals surface area (Å²) in [6.07, 6.45) is 0. The topological polar surface area (TPSA) is 58.2 Å². The molecule has 2 N–H and O–H groups in total. The van der Waals surface area contributed by atoms with Gasteiger partial charge in [0.1, 0.15) is 0 Å². The molecule has 2 amide bonds. The Morgan fingerprint density at radius 2 is 2.00 bits per heavy atom. The molecule has 0 radical (unpaired) electrons. The number of hydrogen-bond donors (Lipinski definition) is 2. The highest BCUT2D eigenvalue weighted by molar-refractivity contribution is 14.1. The van der Waals surface area contributed by atoms with Crippen LogP contribution in [0.1, 0.15) is 24.2 Å². The Labute approximate surface area is 131 Å². The molecule has 0 aliphatic rings. The van der Waals surface area contributed by atoms with Crippen molar-refractivity contribution in [2.45, 2.75) is 13.8 Å². The van der Waals surface area contributed by atoms with Crippen molar-refractivity contribution in [3.63, 3.8) is 0 Å². The molecule has 0 fully saturated rings. The highest BCUT2D eigenvalue weighted by Crippen LogP contribution is 2.19. The zero-order chi connectivity index (χ0) is 14.4. The number of nitrogens with one attached hydrogen (secondary N) is 2. The number of halogens is 2. The minimum absolute atomic E-state index is 0.0326. The predicted octanol–water partition coefficient (Wildman–Crippen LogP) is 2.45. The summed E-state index contributed by atoms with van der Waals surface area (Å²) in [6, 6.07) is 5.02. The maximum absolute atomic E-state index is 11.8. The van der Waals surface area contributed by atoms with Crippen LogP contribution in [0, 0.1) is 9.49 Å². The van der Waals surface area contributed by atoms with Gasteiger partial charge in [0.2, 0.25) is 5.91 Å². The van der Waals surface area contributed by atoms with E-state index in [1.807, 2.05) is 13.8 Å². The second kappa shape index (κ2) is 7.69. The van der Waals surface area contributed by atoms with E-state index in [0.717, 1.165) is 3.57 Å². The van der Waals surface area contributed by atoms with E-state index >= 15 is 0 Å². The molecule has 19 heavy (non-hydrogen) atoms. The van der Waals surface area contributed by atoms with Crippen molar-refractivity contribution < 1.29 is 9.59 Å². The van der Waals surface area contributed by atoms with Crippen LogP contribution in [-0.4, -0.2) is 24.9 Å². The second-order valence-corrected chi connectivity index (χ2v) is 6.08. The fourth-order valence-corrected chi connectivity index (χ4v) is 1.80. The lowest BCUT2D eigenvalue weighted by atomic mass is 10.2. The van der Waals surface area contributed by atoms with Crippen molar-refractivity contribution in [3.05, 3.63) is 32.4 Å². The Morgan fingerprint density at radius 3 is 2.58 bits per heavy atom. The molecule has 104 valence electrons. The van der Waals surface area contributed by atoms with Gasteiger partial charge in [0.15, 0.2) is 0 Å². The van der Waals surface area contributed by atoms with Crippen LogP contribution in [0.3, 0.4) is 0 Å². The average Bonchev–Trinajstić information content (AvgIpc) is 2.36. The van der Waals surface area contributed by atoms with Crippen LogP contribution in [0.15, 0.2) is 18.2 Å². The molecule has 0 saturated carbocycles. The van der Waals surface area contributed by atoms with Gasteiger partial charge in [-0.3, -0.25) is 9.59 Å². The van der Waals surface area contributed by atoms with Crippen molar-refractivity contribution in [1.29, 1.82) is 0 Å². The predicted molar refractivity (Wildman–Crippen MR) is 84.3 cm³/mol. The fraction of sp³-hybridized carbons (Fsp3) is 0.385. The smallest absolute Gasteiger partial charge is 0.251 e. The molecule has 0 heterocycles. The molecule has 0 unspecified atom stereocenters. The molecule has 0 saturated heterocycles. The van der Waals surface area contributed by atoms with Crippen LogP contribution in [0.4, 0.5) is 0 Å². The lowest BCUT2D eigenvalue weighted by molar-refractivity contribution is -0.120. The Bertz CT molecular complexity index is 478. The summed E-state index contributed by atoms with van der Waals surface area (Å²) < 4.78 is 0.880. The number of hydrogen-bond acceptors (Lipinski definition) is 2. The SMILES string of the molecule is CC(C)CNC(=O)CNC(=O)c1ccc(I)c(Cl)c1. The molecule has 1 rings (SSSR count). The molecule has 6 heteroatoms. The van der Waals surface area contributed by atoms with E-state index in [1.165, 1.54) is 0 Å². The Hall–Kier alpha value is -0.820. The standard InChI is InChI=1S/C13H16ClIN2O2/c1-8(2)6-16-12(18)7-17-13(19)9-3-4-11(15)10(14)5-9/h3-5,8H,6-7H2,1-2H3,(H,16,18)(H,17,19). The van der Waals surface area contributed by atoms with Crippen LogP contribution in [0.25, 0.3) is 0 Å². The number of carbonyl (C=O) groups excluding carboxylic acids is 2. The van der Waals surface area contributed by atoms with Crippen molar-refractivity contribution in [3.8, 4) is 0 Å². The third-order valence-corrected chi connectivity index (χ3v) is 3.87. The van der Waals surface area contributed by atoms with Crippen LogP contribution in [0.2, 0.25) is 5.02 Å². The van der Waals surface area contributed by atoms with E-state index in [2.05, 4.69) is 33.2 Å². The van der Waals surface area contributed by atoms with Crippen molar-refractivity contribution >= 4 is 46.0 Å². The minimum atomic E-state index is -0.307. The third-order valence-electron chi connectivity index (χ3n) is 2.30. The van der Waals surface area contributed by atoms with Gasteiger partial charge in [-0.25, -0.2) is 0 Å². The highest BCUT2D eigenvalue weighted by Gasteiger charge is 2.09. The second-order valence-electron chi connectivity index (χ2n) is 4.51. The summed E-state index contributed by atoms with van der Waals surface area (Å²) in [4.78, 5) is 23.2. The van der Waals surface area contributed by atoms with E-state index < -0.39 is 0 Å². The largest absolute Gasteiger partial charge is 0.354 e.